The maximum atomic E-state index is 6.01. The molecule has 0 amide bonds. The molecule has 0 bridgehead atoms. The van der Waals surface area contributed by atoms with Gasteiger partial charge in [0.25, 0.3) is 0 Å². The number of aromatic nitrogens is 2. The van der Waals surface area contributed by atoms with Gasteiger partial charge in [-0.2, -0.15) is 0 Å². The van der Waals surface area contributed by atoms with Crippen molar-refractivity contribution >= 4 is 0 Å². The molecule has 5 heteroatoms. The van der Waals surface area contributed by atoms with E-state index in [1.165, 1.54) is 36.8 Å². The standard InChI is InChI=1S/C22H30N4O/c1-5-19(17-23-9-1)21-7-3-11-25(21)13-15-27-16-14-26-12-4-8-22(26)20-6-2-10-24-18-20/h1-2,5-6,9-10,17-18,21-22H,3-4,7-8,11-16H2/t21-,22+. The zero-order chi connectivity index (χ0) is 18.3. The van der Waals surface area contributed by atoms with Crippen LogP contribution in [0.25, 0.3) is 0 Å². The summed E-state index contributed by atoms with van der Waals surface area (Å²) in [7, 11) is 0. The molecule has 5 nitrogen and oxygen atoms in total. The molecule has 4 heterocycles. The van der Waals surface area contributed by atoms with Crippen molar-refractivity contribution < 1.29 is 4.74 Å². The van der Waals surface area contributed by atoms with Crippen molar-refractivity contribution in [2.45, 2.75) is 37.8 Å². The Kier molecular flexibility index (Phi) is 6.45. The summed E-state index contributed by atoms with van der Waals surface area (Å²) < 4.78 is 6.01. The highest BCUT2D eigenvalue weighted by molar-refractivity contribution is 5.16. The van der Waals surface area contributed by atoms with Gasteiger partial charge in [-0.25, -0.2) is 0 Å². The highest BCUT2D eigenvalue weighted by Gasteiger charge is 2.27. The van der Waals surface area contributed by atoms with Crippen LogP contribution in [-0.2, 0) is 4.74 Å². The molecule has 2 aliphatic rings. The number of hydrogen-bond acceptors (Lipinski definition) is 5. The topological polar surface area (TPSA) is 41.5 Å². The summed E-state index contributed by atoms with van der Waals surface area (Å²) in [5, 5.41) is 0. The van der Waals surface area contributed by atoms with Gasteiger partial charge in [-0.3, -0.25) is 19.8 Å². The van der Waals surface area contributed by atoms with E-state index in [1.54, 1.807) is 0 Å². The fourth-order valence-corrected chi connectivity index (χ4v) is 4.55. The van der Waals surface area contributed by atoms with Crippen LogP contribution in [0.5, 0.6) is 0 Å². The summed E-state index contributed by atoms with van der Waals surface area (Å²) in [6, 6.07) is 9.49. The maximum absolute atomic E-state index is 6.01. The van der Waals surface area contributed by atoms with Crippen molar-refractivity contribution in [3.05, 3.63) is 60.2 Å². The molecule has 27 heavy (non-hydrogen) atoms. The van der Waals surface area contributed by atoms with Gasteiger partial charge in [0.15, 0.2) is 0 Å². The fraction of sp³-hybridized carbons (Fsp3) is 0.545. The predicted molar refractivity (Wildman–Crippen MR) is 106 cm³/mol. The van der Waals surface area contributed by atoms with Crippen LogP contribution < -0.4 is 0 Å². The molecule has 0 unspecified atom stereocenters. The van der Waals surface area contributed by atoms with Gasteiger partial charge in [0, 0.05) is 50.0 Å². The van der Waals surface area contributed by atoms with E-state index in [-0.39, 0.29) is 0 Å². The Hall–Kier alpha value is -1.82. The van der Waals surface area contributed by atoms with Crippen molar-refractivity contribution in [2.75, 3.05) is 39.4 Å². The van der Waals surface area contributed by atoms with Gasteiger partial charge >= 0.3 is 0 Å². The van der Waals surface area contributed by atoms with Crippen molar-refractivity contribution in [2.24, 2.45) is 0 Å². The molecule has 2 aromatic heterocycles. The number of ether oxygens (including phenoxy) is 1. The summed E-state index contributed by atoms with van der Waals surface area (Å²) in [5.41, 5.74) is 2.68. The summed E-state index contributed by atoms with van der Waals surface area (Å²) in [4.78, 5) is 13.7. The molecule has 4 rings (SSSR count). The first-order valence-electron chi connectivity index (χ1n) is 10.3. The molecule has 144 valence electrons. The van der Waals surface area contributed by atoms with E-state index in [4.69, 9.17) is 4.74 Å². The molecule has 2 saturated heterocycles. The number of likely N-dealkylation sites (tertiary alicyclic amines) is 2. The van der Waals surface area contributed by atoms with Crippen LogP contribution in [0, 0.1) is 0 Å². The molecule has 0 N–H and O–H groups in total. The fourth-order valence-electron chi connectivity index (χ4n) is 4.55. The SMILES string of the molecule is c1cncc([C@H]2CCCN2CCOCCN2CCC[C@H]2c2cccnc2)c1. The summed E-state index contributed by atoms with van der Waals surface area (Å²) in [6.07, 6.45) is 12.7. The van der Waals surface area contributed by atoms with Crippen molar-refractivity contribution in [3.8, 4) is 0 Å². The summed E-state index contributed by atoms with van der Waals surface area (Å²) in [6.45, 7) is 5.96. The quantitative estimate of drug-likeness (QED) is 0.669. The molecule has 2 fully saturated rings. The van der Waals surface area contributed by atoms with Crippen molar-refractivity contribution in [3.63, 3.8) is 0 Å². The highest BCUT2D eigenvalue weighted by atomic mass is 16.5. The van der Waals surface area contributed by atoms with Gasteiger partial charge in [0.05, 0.1) is 13.2 Å². The summed E-state index contributed by atoms with van der Waals surface area (Å²) >= 11 is 0. The lowest BCUT2D eigenvalue weighted by Gasteiger charge is -2.26. The van der Waals surface area contributed by atoms with E-state index < -0.39 is 0 Å². The van der Waals surface area contributed by atoms with E-state index in [1.807, 2.05) is 36.9 Å². The highest BCUT2D eigenvalue weighted by Crippen LogP contribution is 2.32. The minimum absolute atomic E-state index is 0.510. The lowest BCUT2D eigenvalue weighted by atomic mass is 10.1. The normalized spacial score (nSPS) is 23.9. The van der Waals surface area contributed by atoms with Gasteiger partial charge in [-0.1, -0.05) is 12.1 Å². The number of pyridine rings is 2. The van der Waals surface area contributed by atoms with Crippen molar-refractivity contribution in [1.82, 2.24) is 19.8 Å². The molecule has 0 aromatic carbocycles. The predicted octanol–water partition coefficient (Wildman–Crippen LogP) is 3.47. The number of rotatable bonds is 8. The smallest absolute Gasteiger partial charge is 0.0594 e. The molecule has 2 aromatic rings. The Bertz CT molecular complexity index is 622. The first kappa shape index (κ1) is 18.5. The van der Waals surface area contributed by atoms with Gasteiger partial charge in [-0.05, 0) is 62.0 Å². The summed E-state index contributed by atoms with van der Waals surface area (Å²) in [5.74, 6) is 0. The molecule has 2 atom stereocenters. The molecule has 2 aliphatic heterocycles. The van der Waals surface area contributed by atoms with Gasteiger partial charge in [-0.15, -0.1) is 0 Å². The van der Waals surface area contributed by atoms with E-state index in [9.17, 15) is 0 Å². The Labute approximate surface area is 162 Å². The zero-order valence-electron chi connectivity index (χ0n) is 16.0. The van der Waals surface area contributed by atoms with E-state index in [0.29, 0.717) is 12.1 Å². The Morgan fingerprint density at radius 3 is 1.78 bits per heavy atom. The van der Waals surface area contributed by atoms with E-state index in [0.717, 1.165) is 39.4 Å². The minimum atomic E-state index is 0.510. The van der Waals surface area contributed by atoms with Crippen LogP contribution in [0.2, 0.25) is 0 Å². The largest absolute Gasteiger partial charge is 0.379 e. The minimum Gasteiger partial charge on any atom is -0.379 e. The molecule has 0 saturated carbocycles. The third kappa shape index (κ3) is 4.72. The molecular formula is C22H30N4O. The first-order chi connectivity index (χ1) is 13.4. The molecular weight excluding hydrogens is 336 g/mol. The van der Waals surface area contributed by atoms with Gasteiger partial charge in [0.2, 0.25) is 0 Å². The average molecular weight is 367 g/mol. The Morgan fingerprint density at radius 2 is 1.33 bits per heavy atom. The number of nitrogens with zero attached hydrogens (tertiary/aromatic N) is 4. The third-order valence-corrected chi connectivity index (χ3v) is 5.91. The molecule has 0 aliphatic carbocycles. The van der Waals surface area contributed by atoms with Crippen LogP contribution in [0.3, 0.4) is 0 Å². The van der Waals surface area contributed by atoms with Gasteiger partial charge < -0.3 is 4.74 Å². The first-order valence-corrected chi connectivity index (χ1v) is 10.3. The van der Waals surface area contributed by atoms with Crippen LogP contribution in [0.4, 0.5) is 0 Å². The monoisotopic (exact) mass is 366 g/mol. The molecule has 0 spiro atoms. The number of hydrogen-bond donors (Lipinski definition) is 0. The lowest BCUT2D eigenvalue weighted by Crippen LogP contribution is -2.30. The Balaban J connectivity index is 1.19. The van der Waals surface area contributed by atoms with Crippen LogP contribution in [0.1, 0.15) is 48.9 Å². The van der Waals surface area contributed by atoms with Crippen LogP contribution >= 0.6 is 0 Å². The Morgan fingerprint density at radius 1 is 0.815 bits per heavy atom. The van der Waals surface area contributed by atoms with Crippen molar-refractivity contribution in [1.29, 1.82) is 0 Å². The second kappa shape index (κ2) is 9.40. The van der Waals surface area contributed by atoms with E-state index in [2.05, 4.69) is 31.9 Å². The second-order valence-corrected chi connectivity index (χ2v) is 7.57. The van der Waals surface area contributed by atoms with Crippen LogP contribution in [-0.4, -0.2) is 59.2 Å². The second-order valence-electron chi connectivity index (χ2n) is 7.57. The van der Waals surface area contributed by atoms with Gasteiger partial charge in [0.1, 0.15) is 0 Å². The maximum Gasteiger partial charge on any atom is 0.0594 e. The average Bonchev–Trinajstić information content (AvgIpc) is 3.38. The molecule has 0 radical (unpaired) electrons. The lowest BCUT2D eigenvalue weighted by molar-refractivity contribution is 0.0769. The zero-order valence-corrected chi connectivity index (χ0v) is 16.0. The van der Waals surface area contributed by atoms with Crippen LogP contribution in [0.15, 0.2) is 49.1 Å². The van der Waals surface area contributed by atoms with E-state index >= 15 is 0 Å². The third-order valence-electron chi connectivity index (χ3n) is 5.91.